The number of halogens is 4. The average Bonchev–Trinajstić information content (AvgIpc) is 3.30. The van der Waals surface area contributed by atoms with Gasteiger partial charge in [0.1, 0.15) is 10.6 Å². The maximum atomic E-state index is 13.1. The summed E-state index contributed by atoms with van der Waals surface area (Å²) in [5, 5.41) is 11.6. The summed E-state index contributed by atoms with van der Waals surface area (Å²) in [6.45, 7) is 0. The van der Waals surface area contributed by atoms with Crippen LogP contribution < -0.4 is 0 Å². The van der Waals surface area contributed by atoms with Gasteiger partial charge in [0.05, 0.1) is 4.88 Å². The third kappa shape index (κ3) is 3.56. The number of benzene rings is 1. The van der Waals surface area contributed by atoms with E-state index >= 15 is 0 Å². The number of aromatic nitrogens is 4. The van der Waals surface area contributed by atoms with Crippen LogP contribution in [0.5, 0.6) is 0 Å². The minimum absolute atomic E-state index is 0.00344. The highest BCUT2D eigenvalue weighted by Crippen LogP contribution is 2.40. The number of hydrogen-bond donors (Lipinski definition) is 0. The molecule has 27 heavy (non-hydrogen) atoms. The molecule has 0 unspecified atom stereocenters. The Balaban J connectivity index is 1.57. The zero-order valence-electron chi connectivity index (χ0n) is 13.6. The van der Waals surface area contributed by atoms with Crippen LogP contribution in [-0.4, -0.2) is 20.0 Å². The number of hydrogen-bond acceptors (Lipinski definition) is 6. The summed E-state index contributed by atoms with van der Waals surface area (Å²) in [5.74, 6) is 0.323. The molecule has 0 bridgehead atoms. The number of thioether (sulfide) groups is 1. The first-order valence-electron chi connectivity index (χ1n) is 7.56. The summed E-state index contributed by atoms with van der Waals surface area (Å²) in [5.41, 5.74) is -0.0585. The van der Waals surface area contributed by atoms with Gasteiger partial charge in [-0.2, -0.15) is 18.3 Å². The van der Waals surface area contributed by atoms with Crippen molar-refractivity contribution in [3.8, 4) is 10.8 Å². The molecule has 4 rings (SSSR count). The van der Waals surface area contributed by atoms with Crippen molar-refractivity contribution in [3.05, 3.63) is 47.4 Å². The zero-order valence-corrected chi connectivity index (χ0v) is 15.3. The average molecular weight is 414 g/mol. The van der Waals surface area contributed by atoms with Crippen molar-refractivity contribution >= 4 is 33.3 Å². The second kappa shape index (κ2) is 6.64. The van der Waals surface area contributed by atoms with Gasteiger partial charge in [-0.25, -0.2) is 4.39 Å². The smallest absolute Gasteiger partial charge is 0.410 e. The summed E-state index contributed by atoms with van der Waals surface area (Å²) < 4.78 is 58.9. The van der Waals surface area contributed by atoms with Crippen LogP contribution in [0.4, 0.5) is 17.6 Å². The molecule has 3 aromatic heterocycles. The summed E-state index contributed by atoms with van der Waals surface area (Å²) in [6.07, 6.45) is -4.54. The van der Waals surface area contributed by atoms with Crippen molar-refractivity contribution in [2.75, 3.05) is 0 Å². The van der Waals surface area contributed by atoms with Crippen LogP contribution in [0, 0.1) is 5.82 Å². The molecule has 0 aliphatic heterocycles. The summed E-state index contributed by atoms with van der Waals surface area (Å²) >= 11 is 2.36. The first-order chi connectivity index (χ1) is 12.8. The summed E-state index contributed by atoms with van der Waals surface area (Å²) in [4.78, 5) is 0.806. The molecule has 0 fully saturated rings. The van der Waals surface area contributed by atoms with E-state index < -0.39 is 11.9 Å². The van der Waals surface area contributed by atoms with Crippen LogP contribution in [0.15, 0.2) is 40.0 Å². The molecule has 4 aromatic rings. The minimum Gasteiger partial charge on any atom is -0.410 e. The molecule has 0 N–H and O–H groups in total. The molecule has 0 amide bonds. The third-order valence-corrected chi connectivity index (χ3v) is 5.75. The monoisotopic (exact) mass is 414 g/mol. The Hall–Kier alpha value is -2.40. The van der Waals surface area contributed by atoms with Crippen LogP contribution in [0.3, 0.4) is 0 Å². The van der Waals surface area contributed by atoms with E-state index in [1.54, 1.807) is 12.1 Å². The molecule has 0 radical (unpaired) electrons. The van der Waals surface area contributed by atoms with E-state index in [4.69, 9.17) is 4.42 Å². The minimum atomic E-state index is -4.54. The Morgan fingerprint density at radius 3 is 2.63 bits per heavy atom. The van der Waals surface area contributed by atoms with Gasteiger partial charge in [-0.15, -0.1) is 21.5 Å². The highest BCUT2D eigenvalue weighted by atomic mass is 32.2. The lowest BCUT2D eigenvalue weighted by atomic mass is 10.2. The van der Waals surface area contributed by atoms with Gasteiger partial charge in [0.15, 0.2) is 5.69 Å². The third-order valence-electron chi connectivity index (χ3n) is 3.67. The standard InChI is InChI=1S/C16H10F4N4OS2/c1-24-14-10(12(23-24)16(18,19)20)6-11(27-14)13-21-22-15(25-13)26-7-8-2-4-9(17)5-3-8/h2-6H,7H2,1H3. The van der Waals surface area contributed by atoms with E-state index in [1.165, 1.54) is 41.7 Å². The van der Waals surface area contributed by atoms with E-state index in [-0.39, 0.29) is 22.3 Å². The second-order valence-corrected chi connectivity index (χ2v) is 7.54. The molecule has 5 nitrogen and oxygen atoms in total. The van der Waals surface area contributed by atoms with Gasteiger partial charge in [-0.1, -0.05) is 23.9 Å². The number of nitrogens with zero attached hydrogens (tertiary/aromatic N) is 4. The van der Waals surface area contributed by atoms with Crippen molar-refractivity contribution in [3.63, 3.8) is 0 Å². The lowest BCUT2D eigenvalue weighted by molar-refractivity contribution is -0.140. The molecule has 140 valence electrons. The van der Waals surface area contributed by atoms with Crippen LogP contribution in [0.25, 0.3) is 21.0 Å². The van der Waals surface area contributed by atoms with Gasteiger partial charge >= 0.3 is 6.18 Å². The summed E-state index contributed by atoms with van der Waals surface area (Å²) in [6, 6.07) is 7.38. The molecule has 0 aliphatic carbocycles. The SMILES string of the molecule is Cn1nc(C(F)(F)F)c2cc(-c3nnc(SCc4ccc(F)cc4)o3)sc21. The van der Waals surface area contributed by atoms with Crippen molar-refractivity contribution < 1.29 is 22.0 Å². The first kappa shape index (κ1) is 18.0. The van der Waals surface area contributed by atoms with Gasteiger partial charge < -0.3 is 4.42 Å². The number of alkyl halides is 3. The van der Waals surface area contributed by atoms with Crippen molar-refractivity contribution in [1.82, 2.24) is 20.0 Å². The molecule has 0 saturated heterocycles. The van der Waals surface area contributed by atoms with Gasteiger partial charge in [-0.05, 0) is 23.8 Å². The fourth-order valence-corrected chi connectivity index (χ4v) is 4.16. The van der Waals surface area contributed by atoms with Crippen LogP contribution in [0.1, 0.15) is 11.3 Å². The van der Waals surface area contributed by atoms with Gasteiger partial charge in [0, 0.05) is 18.2 Å². The molecular formula is C16H10F4N4OS2. The van der Waals surface area contributed by atoms with Crippen LogP contribution in [0.2, 0.25) is 0 Å². The van der Waals surface area contributed by atoms with Crippen molar-refractivity contribution in [1.29, 1.82) is 0 Å². The molecule has 0 aliphatic rings. The molecule has 11 heteroatoms. The lowest BCUT2D eigenvalue weighted by Crippen LogP contribution is -2.07. The molecule has 1 aromatic carbocycles. The van der Waals surface area contributed by atoms with E-state index in [0.717, 1.165) is 16.9 Å². The summed E-state index contributed by atoms with van der Waals surface area (Å²) in [7, 11) is 1.45. The fourth-order valence-electron chi connectivity index (χ4n) is 2.45. The van der Waals surface area contributed by atoms with Crippen LogP contribution >= 0.6 is 23.1 Å². The predicted molar refractivity (Wildman–Crippen MR) is 92.8 cm³/mol. The van der Waals surface area contributed by atoms with Crippen LogP contribution in [-0.2, 0) is 19.0 Å². The molecule has 0 spiro atoms. The number of aryl methyl sites for hydroxylation is 1. The van der Waals surface area contributed by atoms with Crippen molar-refractivity contribution in [2.45, 2.75) is 17.2 Å². The molecule has 0 saturated carbocycles. The Kier molecular flexibility index (Phi) is 4.42. The highest BCUT2D eigenvalue weighted by molar-refractivity contribution is 7.98. The Morgan fingerprint density at radius 1 is 1.19 bits per heavy atom. The zero-order chi connectivity index (χ0) is 19.2. The lowest BCUT2D eigenvalue weighted by Gasteiger charge is -2.00. The topological polar surface area (TPSA) is 56.7 Å². The highest BCUT2D eigenvalue weighted by Gasteiger charge is 2.37. The number of thiophene rings is 1. The van der Waals surface area contributed by atoms with Gasteiger partial charge in [-0.3, -0.25) is 4.68 Å². The Labute approximate surface area is 158 Å². The largest absolute Gasteiger partial charge is 0.435 e. The molecule has 0 atom stereocenters. The normalized spacial score (nSPS) is 12.2. The van der Waals surface area contributed by atoms with E-state index in [9.17, 15) is 17.6 Å². The van der Waals surface area contributed by atoms with Gasteiger partial charge in [0.25, 0.3) is 11.1 Å². The maximum absolute atomic E-state index is 13.1. The van der Waals surface area contributed by atoms with E-state index in [1.807, 2.05) is 0 Å². The maximum Gasteiger partial charge on any atom is 0.435 e. The first-order valence-corrected chi connectivity index (χ1v) is 9.36. The second-order valence-electron chi connectivity index (χ2n) is 5.59. The quantitative estimate of drug-likeness (QED) is 0.342. The molecule has 3 heterocycles. The van der Waals surface area contributed by atoms with Gasteiger partial charge in [0.2, 0.25) is 0 Å². The van der Waals surface area contributed by atoms with E-state index in [2.05, 4.69) is 15.3 Å². The van der Waals surface area contributed by atoms with E-state index in [0.29, 0.717) is 15.5 Å². The molecular weight excluding hydrogens is 404 g/mol. The Bertz CT molecular complexity index is 1100. The predicted octanol–water partition coefficient (Wildman–Crippen LogP) is 5.14. The fraction of sp³-hybridized carbons (Fsp3) is 0.188. The van der Waals surface area contributed by atoms with Crippen molar-refractivity contribution in [2.24, 2.45) is 7.05 Å². The Morgan fingerprint density at radius 2 is 1.93 bits per heavy atom. The number of rotatable bonds is 4. The number of fused-ring (bicyclic) bond motifs is 1.